The minimum Gasteiger partial charge on any atom is -0.489 e. The maximum Gasteiger partial charge on any atom is 0.431 e. The second kappa shape index (κ2) is 8.96. The molecule has 0 fully saturated rings. The summed E-state index contributed by atoms with van der Waals surface area (Å²) >= 11 is 0. The Morgan fingerprint density at radius 2 is 1.78 bits per heavy atom. The first-order valence-electron chi connectivity index (χ1n) is 9.28. The van der Waals surface area contributed by atoms with Crippen molar-refractivity contribution in [3.8, 4) is 16.9 Å². The van der Waals surface area contributed by atoms with Crippen LogP contribution >= 0.6 is 0 Å². The molecule has 2 aromatic carbocycles. The number of pyridine rings is 1. The molecule has 0 aliphatic rings. The lowest BCUT2D eigenvalue weighted by Gasteiger charge is -2.14. The Morgan fingerprint density at radius 1 is 1.09 bits per heavy atom. The van der Waals surface area contributed by atoms with E-state index in [4.69, 9.17) is 10.5 Å². The van der Waals surface area contributed by atoms with Crippen LogP contribution in [0.25, 0.3) is 11.1 Å². The van der Waals surface area contributed by atoms with Crippen LogP contribution in [0.3, 0.4) is 0 Å². The zero-order chi connectivity index (χ0) is 23.5. The lowest BCUT2D eigenvalue weighted by atomic mass is 10.0. The van der Waals surface area contributed by atoms with Crippen LogP contribution < -0.4 is 21.3 Å². The number of hydrogen-bond donors (Lipinski definition) is 3. The number of aromatic amines is 1. The monoisotopic (exact) mass is 445 g/mol. The number of rotatable bonds is 6. The van der Waals surface area contributed by atoms with Crippen LogP contribution in [-0.2, 0) is 17.6 Å². The molecule has 0 radical (unpaired) electrons. The summed E-state index contributed by atoms with van der Waals surface area (Å²) < 4.78 is 45.9. The molecule has 4 N–H and O–H groups in total. The van der Waals surface area contributed by atoms with Gasteiger partial charge in [0, 0.05) is 18.2 Å². The predicted molar refractivity (Wildman–Crippen MR) is 111 cm³/mol. The van der Waals surface area contributed by atoms with Crippen molar-refractivity contribution in [2.45, 2.75) is 19.7 Å². The molecule has 7 nitrogen and oxygen atoms in total. The first kappa shape index (κ1) is 22.6. The standard InChI is InChI=1S/C22H18F3N3O4/c1-12(29)27-15-4-2-3-13(9-15)11-32-16-7-5-14(6-8-16)17-10-18(20(26)30)21(31)28-19(17)22(23,24)25/h2-10H,11H2,1H3,(H2,26,30)(H,27,29)(H,28,31). The van der Waals surface area contributed by atoms with Crippen LogP contribution in [0.4, 0.5) is 18.9 Å². The van der Waals surface area contributed by atoms with E-state index < -0.39 is 28.9 Å². The molecule has 0 atom stereocenters. The van der Waals surface area contributed by atoms with Crippen molar-refractivity contribution in [3.63, 3.8) is 0 Å². The van der Waals surface area contributed by atoms with Gasteiger partial charge in [0.25, 0.3) is 11.5 Å². The van der Waals surface area contributed by atoms with Crippen molar-refractivity contribution in [1.82, 2.24) is 4.98 Å². The highest BCUT2D eigenvalue weighted by Crippen LogP contribution is 2.35. The molecule has 0 bridgehead atoms. The number of carbonyl (C=O) groups excluding carboxylic acids is 2. The van der Waals surface area contributed by atoms with E-state index in [2.05, 4.69) is 5.32 Å². The Hall–Kier alpha value is -4.08. The quantitative estimate of drug-likeness (QED) is 0.537. The fraction of sp³-hybridized carbons (Fsp3) is 0.136. The number of nitrogens with two attached hydrogens (primary N) is 1. The minimum absolute atomic E-state index is 0.107. The zero-order valence-corrected chi connectivity index (χ0v) is 16.7. The molecule has 3 rings (SSSR count). The summed E-state index contributed by atoms with van der Waals surface area (Å²) in [4.78, 5) is 36.0. The SMILES string of the molecule is CC(=O)Nc1cccc(COc2ccc(-c3cc(C(N)=O)c(=O)[nH]c3C(F)(F)F)cc2)c1. The Morgan fingerprint density at radius 3 is 2.38 bits per heavy atom. The fourth-order valence-corrected chi connectivity index (χ4v) is 3.00. The molecular weight excluding hydrogens is 427 g/mol. The van der Waals surface area contributed by atoms with Crippen molar-refractivity contribution >= 4 is 17.5 Å². The molecule has 3 aromatic rings. The van der Waals surface area contributed by atoms with Crippen LogP contribution in [0, 0.1) is 0 Å². The smallest absolute Gasteiger partial charge is 0.431 e. The molecule has 0 spiro atoms. The lowest BCUT2D eigenvalue weighted by molar-refractivity contribution is -0.140. The number of ether oxygens (including phenoxy) is 1. The van der Waals surface area contributed by atoms with Crippen molar-refractivity contribution in [2.24, 2.45) is 5.73 Å². The number of H-pyrrole nitrogens is 1. The maximum absolute atomic E-state index is 13.4. The molecule has 166 valence electrons. The van der Waals surface area contributed by atoms with E-state index in [0.29, 0.717) is 11.4 Å². The van der Waals surface area contributed by atoms with Crippen LogP contribution in [-0.4, -0.2) is 16.8 Å². The number of alkyl halides is 3. The van der Waals surface area contributed by atoms with Gasteiger partial charge in [0.2, 0.25) is 5.91 Å². The summed E-state index contributed by atoms with van der Waals surface area (Å²) in [5, 5.41) is 2.66. The first-order chi connectivity index (χ1) is 15.0. The van der Waals surface area contributed by atoms with Crippen LogP contribution in [0.15, 0.2) is 59.4 Å². The van der Waals surface area contributed by atoms with Gasteiger partial charge in [-0.1, -0.05) is 24.3 Å². The third-order valence-corrected chi connectivity index (χ3v) is 4.41. The van der Waals surface area contributed by atoms with Crippen LogP contribution in [0.2, 0.25) is 0 Å². The number of amides is 2. The second-order valence-corrected chi connectivity index (χ2v) is 6.86. The predicted octanol–water partition coefficient (Wildman–Crippen LogP) is 3.70. The number of hydrogen-bond acceptors (Lipinski definition) is 4. The summed E-state index contributed by atoms with van der Waals surface area (Å²) in [5.41, 5.74) is 3.12. The number of primary amides is 1. The van der Waals surface area contributed by atoms with Gasteiger partial charge in [-0.3, -0.25) is 14.4 Å². The van der Waals surface area contributed by atoms with Gasteiger partial charge in [0.15, 0.2) is 0 Å². The molecule has 0 aliphatic carbocycles. The third kappa shape index (κ3) is 5.34. The Balaban J connectivity index is 1.84. The summed E-state index contributed by atoms with van der Waals surface area (Å²) in [6.07, 6.45) is -4.85. The molecule has 0 aliphatic heterocycles. The van der Waals surface area contributed by atoms with E-state index >= 15 is 0 Å². The highest BCUT2D eigenvalue weighted by atomic mass is 19.4. The van der Waals surface area contributed by atoms with Gasteiger partial charge < -0.3 is 20.8 Å². The summed E-state index contributed by atoms with van der Waals surface area (Å²) in [6, 6.07) is 13.5. The van der Waals surface area contributed by atoms with E-state index in [1.165, 1.54) is 31.2 Å². The molecule has 2 amide bonds. The first-order valence-corrected chi connectivity index (χ1v) is 9.28. The number of nitrogens with one attached hydrogen (secondary N) is 2. The summed E-state index contributed by atoms with van der Waals surface area (Å²) in [6.45, 7) is 1.55. The summed E-state index contributed by atoms with van der Waals surface area (Å²) in [5.74, 6) is -0.965. The third-order valence-electron chi connectivity index (χ3n) is 4.41. The number of aromatic nitrogens is 1. The van der Waals surface area contributed by atoms with Gasteiger partial charge in [-0.2, -0.15) is 13.2 Å². The van der Waals surface area contributed by atoms with E-state index in [9.17, 15) is 27.6 Å². The Bertz CT molecular complexity index is 1220. The second-order valence-electron chi connectivity index (χ2n) is 6.86. The van der Waals surface area contributed by atoms with Gasteiger partial charge in [-0.25, -0.2) is 0 Å². The Labute approximate surface area is 180 Å². The number of benzene rings is 2. The maximum atomic E-state index is 13.4. The number of carbonyl (C=O) groups is 2. The molecule has 32 heavy (non-hydrogen) atoms. The molecule has 0 saturated heterocycles. The van der Waals surface area contributed by atoms with E-state index in [1.807, 2.05) is 0 Å². The highest BCUT2D eigenvalue weighted by molar-refractivity contribution is 5.94. The van der Waals surface area contributed by atoms with Gasteiger partial charge in [-0.15, -0.1) is 0 Å². The molecule has 0 saturated carbocycles. The van der Waals surface area contributed by atoms with Crippen molar-refractivity contribution < 1.29 is 27.5 Å². The van der Waals surface area contributed by atoms with E-state index in [0.717, 1.165) is 11.6 Å². The molecular formula is C22H18F3N3O4. The highest BCUT2D eigenvalue weighted by Gasteiger charge is 2.36. The van der Waals surface area contributed by atoms with E-state index in [1.54, 1.807) is 29.2 Å². The number of anilines is 1. The largest absolute Gasteiger partial charge is 0.489 e. The molecule has 1 aromatic heterocycles. The van der Waals surface area contributed by atoms with Crippen LogP contribution in [0.1, 0.15) is 28.5 Å². The van der Waals surface area contributed by atoms with Crippen molar-refractivity contribution in [3.05, 3.63) is 81.8 Å². The van der Waals surface area contributed by atoms with Gasteiger partial charge in [-0.05, 0) is 41.5 Å². The molecule has 10 heteroatoms. The molecule has 1 heterocycles. The lowest BCUT2D eigenvalue weighted by Crippen LogP contribution is -2.27. The fourth-order valence-electron chi connectivity index (χ4n) is 3.00. The van der Waals surface area contributed by atoms with Gasteiger partial charge in [0.05, 0.1) is 0 Å². The number of halogens is 3. The average molecular weight is 445 g/mol. The summed E-state index contributed by atoms with van der Waals surface area (Å²) in [7, 11) is 0. The zero-order valence-electron chi connectivity index (χ0n) is 16.7. The minimum atomic E-state index is -4.85. The normalized spacial score (nSPS) is 11.1. The van der Waals surface area contributed by atoms with Gasteiger partial charge >= 0.3 is 6.18 Å². The Kier molecular flexibility index (Phi) is 6.33. The van der Waals surface area contributed by atoms with E-state index in [-0.39, 0.29) is 23.6 Å². The van der Waals surface area contributed by atoms with Gasteiger partial charge in [0.1, 0.15) is 23.6 Å². The molecule has 0 unspecified atom stereocenters. The average Bonchev–Trinajstić information content (AvgIpc) is 2.71. The van der Waals surface area contributed by atoms with Crippen LogP contribution in [0.5, 0.6) is 5.75 Å². The van der Waals surface area contributed by atoms with Crippen molar-refractivity contribution in [1.29, 1.82) is 0 Å². The van der Waals surface area contributed by atoms with Crippen molar-refractivity contribution in [2.75, 3.05) is 5.32 Å². The topological polar surface area (TPSA) is 114 Å².